The summed E-state index contributed by atoms with van der Waals surface area (Å²) in [6.07, 6.45) is 1.09. The van der Waals surface area contributed by atoms with E-state index in [0.29, 0.717) is 72.5 Å². The van der Waals surface area contributed by atoms with Crippen LogP contribution in [0.15, 0.2) is 109 Å². The molecule has 0 bridgehead atoms. The van der Waals surface area contributed by atoms with Crippen LogP contribution in [-0.2, 0) is 73.7 Å². The van der Waals surface area contributed by atoms with E-state index in [1.165, 1.54) is 35.1 Å². The number of fused-ring (bicyclic) bond motifs is 4. The van der Waals surface area contributed by atoms with Crippen molar-refractivity contribution >= 4 is 70.8 Å². The molecular weight excluding hydrogens is 1360 g/mol. The van der Waals surface area contributed by atoms with Gasteiger partial charge in [-0.25, -0.2) is 24.2 Å². The van der Waals surface area contributed by atoms with Gasteiger partial charge in [-0.3, -0.25) is 33.6 Å². The standard InChI is InChI=1S/C77H98N8O20/c1-13-26-103-75(95)81-68(45(4)5)70(90)79-50(10)62(87)36-52-19-23-54(24-20-52)43-105-77(97)85-58-39-65(64(99-12)37-56(58)72(92)83-41-47(7)33-60(83)74(85)94)102-28-16-14-15-27-101-63-38-57-55(34-48(63)8)71(91)82-40-46(6)32-59(82)73(93)84(57)76(96)104-42-53-21-17-51(18-22-53)35-61(86)49(9)78-69(89)67(44(2)3)80-66(88)25-29-100-31-30-98-11/h13,17-24,34,37-41,44-45,49-50,59-60,67-68,73-74,93-94H,1,14-16,25-33,35-36,42-43H2,2-12H3,(H,78,89)(H,79,90)(H,80,88)(H,81,95)/t49-,50-,59+,60+,67-,68-,73+,74+/m1/s1. The third-order valence-corrected chi connectivity index (χ3v) is 18.4. The molecule has 0 spiro atoms. The number of nitrogens with zero attached hydrogens (tertiary/aromatic N) is 4. The van der Waals surface area contributed by atoms with Gasteiger partial charge in [-0.1, -0.05) is 100 Å². The van der Waals surface area contributed by atoms with Crippen molar-refractivity contribution < 1.29 is 96.1 Å². The Hall–Kier alpha value is -10.2. The van der Waals surface area contributed by atoms with E-state index < -0.39 is 90.6 Å². The van der Waals surface area contributed by atoms with Crippen LogP contribution in [0.1, 0.15) is 142 Å². The molecule has 4 aromatic carbocycles. The molecule has 8 rings (SSSR count). The Kier molecular flexibility index (Phi) is 28.8. The number of anilines is 2. The Bertz CT molecular complexity index is 3890. The molecule has 0 unspecified atom stereocenters. The van der Waals surface area contributed by atoms with Gasteiger partial charge in [0.25, 0.3) is 11.8 Å². The van der Waals surface area contributed by atoms with E-state index in [9.17, 15) is 58.2 Å². The van der Waals surface area contributed by atoms with E-state index in [1.807, 2.05) is 13.8 Å². The molecule has 0 aromatic heterocycles. The lowest BCUT2D eigenvalue weighted by molar-refractivity contribution is -0.132. The Morgan fingerprint density at radius 3 is 1.48 bits per heavy atom. The second kappa shape index (κ2) is 37.5. The minimum atomic E-state index is -1.56. The van der Waals surface area contributed by atoms with Crippen molar-refractivity contribution in [1.29, 1.82) is 0 Å². The SMILES string of the molecule is C=CCOC(=O)N[C@@H](C(=O)N[C@H](C)C(=O)Cc1ccc(COC(=O)N2c3cc(OCCCCCOc4cc5c(cc4C)C(=O)N4C=C(C)C[C@H]4[C@H](O)N5C(=O)OCc4ccc(CC(=O)[C@@H](C)NC(=O)[C@H](NC(=O)CCOCCOC)C(C)C)cc4)c(OC)cc3C(=O)N3C=C(C)C[C@H]3[C@@H]2O)cc1)C(C)C. The molecule has 28 nitrogen and oxygen atoms in total. The van der Waals surface area contributed by atoms with Crippen LogP contribution in [0.4, 0.5) is 25.8 Å². The van der Waals surface area contributed by atoms with Gasteiger partial charge < -0.3 is 79.2 Å². The molecule has 0 aliphatic carbocycles. The minimum absolute atomic E-state index is 0.0250. The number of methoxy groups -OCH3 is 2. The number of carbonyl (C=O) groups is 10. The molecule has 4 aromatic rings. The quantitative estimate of drug-likeness (QED) is 0.0144. The van der Waals surface area contributed by atoms with Crippen LogP contribution in [0.3, 0.4) is 0 Å². The average molecular weight is 1460 g/mol. The van der Waals surface area contributed by atoms with Crippen LogP contribution in [0, 0.1) is 18.8 Å². The number of nitrogens with one attached hydrogen (secondary N) is 4. The number of hydrogen-bond acceptors (Lipinski definition) is 20. The number of ketones is 2. The highest BCUT2D eigenvalue weighted by Crippen LogP contribution is 2.43. The van der Waals surface area contributed by atoms with Gasteiger partial charge >= 0.3 is 18.3 Å². The maximum absolute atomic E-state index is 14.3. The molecule has 8 atom stereocenters. The first-order chi connectivity index (χ1) is 50.1. The second-order valence-corrected chi connectivity index (χ2v) is 27.3. The molecule has 4 aliphatic rings. The first-order valence-corrected chi connectivity index (χ1v) is 35.3. The van der Waals surface area contributed by atoms with E-state index >= 15 is 0 Å². The van der Waals surface area contributed by atoms with Gasteiger partial charge in [-0.2, -0.15) is 0 Å². The van der Waals surface area contributed by atoms with Crippen LogP contribution in [0.5, 0.6) is 17.2 Å². The zero-order chi connectivity index (χ0) is 76.3. The van der Waals surface area contributed by atoms with E-state index in [1.54, 1.807) is 129 Å². The Labute approximate surface area is 611 Å². The number of hydrogen-bond donors (Lipinski definition) is 6. The van der Waals surface area contributed by atoms with Crippen LogP contribution >= 0.6 is 0 Å². The number of alkyl carbamates (subject to hydrolysis) is 1. The summed E-state index contributed by atoms with van der Waals surface area (Å²) < 4.78 is 45.3. The van der Waals surface area contributed by atoms with Crippen molar-refractivity contribution in [2.75, 3.05) is 63.7 Å². The summed E-state index contributed by atoms with van der Waals surface area (Å²) in [5.74, 6) is -2.74. The van der Waals surface area contributed by atoms with Gasteiger partial charge in [0.15, 0.2) is 35.5 Å². The van der Waals surface area contributed by atoms with Crippen LogP contribution in [-0.4, -0.2) is 182 Å². The molecule has 105 heavy (non-hydrogen) atoms. The van der Waals surface area contributed by atoms with E-state index in [2.05, 4.69) is 27.8 Å². The number of amides is 8. The highest BCUT2D eigenvalue weighted by Gasteiger charge is 2.47. The topological polar surface area (TPSA) is 346 Å². The third-order valence-electron chi connectivity index (χ3n) is 18.4. The predicted octanol–water partition coefficient (Wildman–Crippen LogP) is 8.18. The molecule has 0 saturated carbocycles. The van der Waals surface area contributed by atoms with Crippen molar-refractivity contribution in [1.82, 2.24) is 31.1 Å². The van der Waals surface area contributed by atoms with Crippen LogP contribution in [0.25, 0.3) is 0 Å². The largest absolute Gasteiger partial charge is 0.493 e. The van der Waals surface area contributed by atoms with Crippen molar-refractivity contribution in [3.63, 3.8) is 0 Å². The second-order valence-electron chi connectivity index (χ2n) is 27.3. The molecule has 28 heteroatoms. The maximum atomic E-state index is 14.3. The van der Waals surface area contributed by atoms with E-state index in [-0.39, 0.29) is 129 Å². The monoisotopic (exact) mass is 1450 g/mol. The van der Waals surface area contributed by atoms with Crippen molar-refractivity contribution in [3.8, 4) is 17.2 Å². The van der Waals surface area contributed by atoms with Gasteiger partial charge in [0.1, 0.15) is 37.7 Å². The molecule has 6 N–H and O–H groups in total. The molecule has 4 aliphatic heterocycles. The van der Waals surface area contributed by atoms with Crippen molar-refractivity contribution in [2.45, 2.75) is 176 Å². The number of aliphatic hydroxyl groups excluding tert-OH is 2. The van der Waals surface area contributed by atoms with Gasteiger partial charge in [0, 0.05) is 50.9 Å². The first-order valence-electron chi connectivity index (χ1n) is 35.3. The Balaban J connectivity index is 0.860. The first kappa shape index (κ1) is 80.5. The minimum Gasteiger partial charge on any atom is -0.493 e. The third kappa shape index (κ3) is 20.8. The fourth-order valence-corrected chi connectivity index (χ4v) is 12.4. The number of aryl methyl sites for hydroxylation is 1. The molecule has 0 fully saturated rings. The molecular formula is C77H98N8O20. The van der Waals surface area contributed by atoms with Gasteiger partial charge in [-0.05, 0) is 119 Å². The number of Topliss-reactive ketones (excluding diaryl/α,β-unsaturated/α-hetero) is 2. The fraction of sp³-hybridized carbons (Fsp3) is 0.481. The number of ether oxygens (including phenoxy) is 8. The van der Waals surface area contributed by atoms with Gasteiger partial charge in [0.2, 0.25) is 17.7 Å². The predicted molar refractivity (Wildman–Crippen MR) is 386 cm³/mol. The number of carbonyl (C=O) groups excluding carboxylic acids is 10. The summed E-state index contributed by atoms with van der Waals surface area (Å²) in [5, 5.41) is 34.7. The Morgan fingerprint density at radius 2 is 1.01 bits per heavy atom. The normalized spacial score (nSPS) is 17.8. The van der Waals surface area contributed by atoms with E-state index in [4.69, 9.17) is 37.9 Å². The van der Waals surface area contributed by atoms with E-state index in [0.717, 1.165) is 20.9 Å². The average Bonchev–Trinajstić information content (AvgIpc) is 1.63. The number of aliphatic hydroxyl groups is 2. The summed E-state index contributed by atoms with van der Waals surface area (Å²) in [5.41, 5.74) is 4.89. The summed E-state index contributed by atoms with van der Waals surface area (Å²) in [6.45, 7) is 19.8. The number of rotatable bonds is 35. The van der Waals surface area contributed by atoms with Crippen molar-refractivity contribution in [2.24, 2.45) is 11.8 Å². The number of unbranched alkanes of at least 4 members (excludes halogenated alkanes) is 2. The summed E-state index contributed by atoms with van der Waals surface area (Å²) in [4.78, 5) is 140. The van der Waals surface area contributed by atoms with Crippen molar-refractivity contribution in [3.05, 3.63) is 148 Å². The molecule has 4 heterocycles. The molecule has 8 amide bonds. The lowest BCUT2D eigenvalue weighted by atomic mass is 10.0. The summed E-state index contributed by atoms with van der Waals surface area (Å²) in [6, 6.07) is 14.3. The smallest absolute Gasteiger partial charge is 0.416 e. The molecule has 0 saturated heterocycles. The van der Waals surface area contributed by atoms with Crippen LogP contribution in [0.2, 0.25) is 0 Å². The Morgan fingerprint density at radius 1 is 0.552 bits per heavy atom. The zero-order valence-corrected chi connectivity index (χ0v) is 61.5. The number of benzene rings is 4. The zero-order valence-electron chi connectivity index (χ0n) is 61.5. The van der Waals surface area contributed by atoms with Gasteiger partial charge in [0.05, 0.1) is 86.8 Å². The molecule has 0 radical (unpaired) electrons. The lowest BCUT2D eigenvalue weighted by Crippen LogP contribution is -2.53. The highest BCUT2D eigenvalue weighted by atomic mass is 16.6. The molecule has 566 valence electrons. The fourth-order valence-electron chi connectivity index (χ4n) is 12.4. The van der Waals surface area contributed by atoms with Gasteiger partial charge in [-0.15, -0.1) is 0 Å². The summed E-state index contributed by atoms with van der Waals surface area (Å²) in [7, 11) is 2.96. The summed E-state index contributed by atoms with van der Waals surface area (Å²) >= 11 is 0. The maximum Gasteiger partial charge on any atom is 0.416 e. The van der Waals surface area contributed by atoms with Crippen LogP contribution < -0.4 is 45.3 Å². The highest BCUT2D eigenvalue weighted by molar-refractivity contribution is 6.08. The lowest BCUT2D eigenvalue weighted by Gasteiger charge is -2.31.